The van der Waals surface area contributed by atoms with Gasteiger partial charge in [-0.25, -0.2) is 4.98 Å². The third kappa shape index (κ3) is 2.89. The highest BCUT2D eigenvalue weighted by Crippen LogP contribution is 2.22. The lowest BCUT2D eigenvalue weighted by Gasteiger charge is -2.09. The molecule has 0 fully saturated rings. The maximum absolute atomic E-state index is 10.5. The maximum atomic E-state index is 10.5. The van der Waals surface area contributed by atoms with E-state index in [-0.39, 0.29) is 16.0 Å². The van der Waals surface area contributed by atoms with E-state index < -0.39 is 0 Å². The summed E-state index contributed by atoms with van der Waals surface area (Å²) >= 11 is 1.14. The molecule has 17 heavy (non-hydrogen) atoms. The van der Waals surface area contributed by atoms with Gasteiger partial charge in [-0.3, -0.25) is 10.1 Å². The van der Waals surface area contributed by atoms with Crippen LogP contribution in [-0.2, 0) is 6.54 Å². The molecule has 1 atom stereocenters. The van der Waals surface area contributed by atoms with Crippen molar-refractivity contribution in [2.24, 2.45) is 0 Å². The number of aromatic nitrogens is 2. The van der Waals surface area contributed by atoms with Crippen molar-refractivity contribution in [1.29, 1.82) is 0 Å². The molecule has 2 aromatic heterocycles. The van der Waals surface area contributed by atoms with Crippen LogP contribution < -0.4 is 5.32 Å². The number of nitro groups is 1. The number of nitrogens with one attached hydrogen (secondary N) is 2. The summed E-state index contributed by atoms with van der Waals surface area (Å²) in [6.07, 6.45) is 3.46. The second kappa shape index (κ2) is 5.07. The van der Waals surface area contributed by atoms with Crippen molar-refractivity contribution in [1.82, 2.24) is 15.3 Å². The molecule has 2 rings (SSSR count). The van der Waals surface area contributed by atoms with Crippen molar-refractivity contribution >= 4 is 16.3 Å². The molecule has 1 unspecified atom stereocenters. The van der Waals surface area contributed by atoms with Gasteiger partial charge in [-0.1, -0.05) is 11.3 Å². The third-order valence-corrected chi connectivity index (χ3v) is 3.29. The van der Waals surface area contributed by atoms with Crippen molar-refractivity contribution in [2.45, 2.75) is 19.5 Å². The van der Waals surface area contributed by atoms with Gasteiger partial charge in [-0.05, 0) is 12.5 Å². The molecule has 0 spiro atoms. The van der Waals surface area contributed by atoms with Gasteiger partial charge >= 0.3 is 5.00 Å². The van der Waals surface area contributed by atoms with Crippen LogP contribution in [0.15, 0.2) is 23.8 Å². The Bertz CT molecular complexity index is 494. The van der Waals surface area contributed by atoms with Gasteiger partial charge in [0.2, 0.25) is 0 Å². The fraction of sp³-hybridized carbons (Fsp3) is 0.300. The number of aromatic amines is 1. The zero-order valence-electron chi connectivity index (χ0n) is 9.21. The molecule has 0 aliphatic carbocycles. The second-order valence-electron chi connectivity index (χ2n) is 3.63. The van der Waals surface area contributed by atoms with Crippen LogP contribution in [0.4, 0.5) is 5.00 Å². The Hall–Kier alpha value is -1.73. The normalized spacial score (nSPS) is 12.5. The lowest BCUT2D eigenvalue weighted by molar-refractivity contribution is -0.380. The van der Waals surface area contributed by atoms with E-state index in [0.717, 1.165) is 22.7 Å². The number of nitrogens with zero attached hydrogens (tertiary/aromatic N) is 2. The summed E-state index contributed by atoms with van der Waals surface area (Å²) in [5.41, 5.74) is 0.917. The zero-order valence-corrected chi connectivity index (χ0v) is 10.0. The van der Waals surface area contributed by atoms with Crippen LogP contribution >= 0.6 is 11.3 Å². The third-order valence-electron chi connectivity index (χ3n) is 2.36. The minimum Gasteiger partial charge on any atom is -0.347 e. The summed E-state index contributed by atoms with van der Waals surface area (Å²) in [4.78, 5) is 17.3. The van der Waals surface area contributed by atoms with Gasteiger partial charge in [0.25, 0.3) is 0 Å². The number of hydrogen-bond acceptors (Lipinski definition) is 5. The molecular formula is C10H12N4O2S. The van der Waals surface area contributed by atoms with Gasteiger partial charge in [0.05, 0.1) is 11.0 Å². The van der Waals surface area contributed by atoms with E-state index in [0.29, 0.717) is 6.54 Å². The molecule has 0 saturated carbocycles. The Kier molecular flexibility index (Phi) is 3.50. The van der Waals surface area contributed by atoms with Gasteiger partial charge in [0.1, 0.15) is 5.82 Å². The smallest absolute Gasteiger partial charge is 0.324 e. The molecular weight excluding hydrogens is 240 g/mol. The number of H-pyrrole nitrogens is 1. The van der Waals surface area contributed by atoms with Crippen molar-refractivity contribution in [3.05, 3.63) is 45.3 Å². The minimum atomic E-state index is -0.371. The molecule has 0 aliphatic rings. The molecule has 7 heteroatoms. The molecule has 2 heterocycles. The molecule has 0 saturated heterocycles. The Morgan fingerprint density at radius 3 is 3.12 bits per heavy atom. The SMILES string of the molecule is CC(NCc1csc([N+](=O)[O-])c1)c1ncc[nH]1. The summed E-state index contributed by atoms with van der Waals surface area (Å²) in [7, 11) is 0. The van der Waals surface area contributed by atoms with Gasteiger partial charge in [-0.2, -0.15) is 0 Å². The molecule has 2 N–H and O–H groups in total. The monoisotopic (exact) mass is 252 g/mol. The molecule has 0 amide bonds. The Morgan fingerprint density at radius 2 is 2.53 bits per heavy atom. The number of rotatable bonds is 5. The first kappa shape index (κ1) is 11.7. The number of hydrogen-bond donors (Lipinski definition) is 2. The average Bonchev–Trinajstić information content (AvgIpc) is 2.97. The highest BCUT2D eigenvalue weighted by atomic mass is 32.1. The lowest BCUT2D eigenvalue weighted by atomic mass is 10.3. The highest BCUT2D eigenvalue weighted by Gasteiger charge is 2.11. The fourth-order valence-electron chi connectivity index (χ4n) is 1.43. The molecule has 0 bridgehead atoms. The van der Waals surface area contributed by atoms with Gasteiger partial charge in [0.15, 0.2) is 0 Å². The van der Waals surface area contributed by atoms with Crippen LogP contribution in [-0.4, -0.2) is 14.9 Å². The molecule has 90 valence electrons. The highest BCUT2D eigenvalue weighted by molar-refractivity contribution is 7.13. The van der Waals surface area contributed by atoms with E-state index in [1.54, 1.807) is 23.8 Å². The first-order valence-electron chi connectivity index (χ1n) is 5.11. The van der Waals surface area contributed by atoms with Crippen LogP contribution in [0.5, 0.6) is 0 Å². The average molecular weight is 252 g/mol. The Balaban J connectivity index is 1.91. The largest absolute Gasteiger partial charge is 0.347 e. The first-order chi connectivity index (χ1) is 8.16. The predicted molar refractivity (Wildman–Crippen MR) is 64.8 cm³/mol. The summed E-state index contributed by atoms with van der Waals surface area (Å²) in [6.45, 7) is 2.58. The zero-order chi connectivity index (χ0) is 12.3. The van der Waals surface area contributed by atoms with Crippen LogP contribution in [0.3, 0.4) is 0 Å². The van der Waals surface area contributed by atoms with Crippen molar-refractivity contribution in [3.8, 4) is 0 Å². The topological polar surface area (TPSA) is 83.8 Å². The Morgan fingerprint density at radius 1 is 1.71 bits per heavy atom. The lowest BCUT2D eigenvalue weighted by Crippen LogP contribution is -2.18. The van der Waals surface area contributed by atoms with Crippen LogP contribution in [0.25, 0.3) is 0 Å². The van der Waals surface area contributed by atoms with Crippen molar-refractivity contribution in [2.75, 3.05) is 0 Å². The van der Waals surface area contributed by atoms with Gasteiger partial charge < -0.3 is 10.3 Å². The summed E-state index contributed by atoms with van der Waals surface area (Å²) < 4.78 is 0. The Labute approximate surface area is 102 Å². The van der Waals surface area contributed by atoms with Crippen LogP contribution in [0, 0.1) is 10.1 Å². The van der Waals surface area contributed by atoms with Gasteiger partial charge in [0, 0.05) is 30.4 Å². The van der Waals surface area contributed by atoms with E-state index in [9.17, 15) is 10.1 Å². The van der Waals surface area contributed by atoms with Crippen molar-refractivity contribution in [3.63, 3.8) is 0 Å². The maximum Gasteiger partial charge on any atom is 0.324 e. The van der Waals surface area contributed by atoms with E-state index in [2.05, 4.69) is 15.3 Å². The quantitative estimate of drug-likeness (QED) is 0.631. The van der Waals surface area contributed by atoms with E-state index in [1.165, 1.54) is 0 Å². The molecule has 2 aromatic rings. The van der Waals surface area contributed by atoms with Crippen molar-refractivity contribution < 1.29 is 4.92 Å². The number of thiophene rings is 1. The predicted octanol–water partition coefficient (Wildman–Crippen LogP) is 2.23. The van der Waals surface area contributed by atoms with E-state index in [4.69, 9.17) is 0 Å². The summed E-state index contributed by atoms with van der Waals surface area (Å²) in [6, 6.07) is 1.68. The fourth-order valence-corrected chi connectivity index (χ4v) is 2.16. The molecule has 6 nitrogen and oxygen atoms in total. The minimum absolute atomic E-state index is 0.0870. The van der Waals surface area contributed by atoms with E-state index in [1.807, 2.05) is 6.92 Å². The van der Waals surface area contributed by atoms with Crippen LogP contribution in [0.1, 0.15) is 24.4 Å². The standard InChI is InChI=1S/C10H12N4O2S/c1-7(10-11-2-3-12-10)13-5-8-4-9(14(15)16)17-6-8/h2-4,6-7,13H,5H2,1H3,(H,11,12). The van der Waals surface area contributed by atoms with E-state index >= 15 is 0 Å². The molecule has 0 aliphatic heterocycles. The second-order valence-corrected chi connectivity index (χ2v) is 4.52. The summed E-state index contributed by atoms with van der Waals surface area (Å²) in [5, 5.41) is 15.7. The molecule has 0 radical (unpaired) electrons. The first-order valence-corrected chi connectivity index (χ1v) is 5.99. The van der Waals surface area contributed by atoms with Crippen LogP contribution in [0.2, 0.25) is 0 Å². The molecule has 0 aromatic carbocycles. The number of imidazole rings is 1. The van der Waals surface area contributed by atoms with Gasteiger partial charge in [-0.15, -0.1) is 0 Å². The summed E-state index contributed by atoms with van der Waals surface area (Å²) in [5.74, 6) is 0.856.